The van der Waals surface area contributed by atoms with Crippen LogP contribution in [-0.2, 0) is 4.79 Å². The minimum absolute atomic E-state index is 0.112. The molecule has 24 heavy (non-hydrogen) atoms. The summed E-state index contributed by atoms with van der Waals surface area (Å²) >= 11 is 0. The van der Waals surface area contributed by atoms with Crippen LogP contribution in [-0.4, -0.2) is 47.8 Å². The summed E-state index contributed by atoms with van der Waals surface area (Å²) in [6.45, 7) is 10.1. The minimum Gasteiger partial charge on any atom is -0.550 e. The van der Waals surface area contributed by atoms with Crippen LogP contribution in [0.2, 0.25) is 0 Å². The lowest BCUT2D eigenvalue weighted by Gasteiger charge is -2.40. The maximum Gasteiger partial charge on any atom is 0.121 e. The summed E-state index contributed by atoms with van der Waals surface area (Å²) in [6.07, 6.45) is 12.1. The molecule has 0 saturated carbocycles. The molecular weight excluding hydrogens is 302 g/mol. The van der Waals surface area contributed by atoms with E-state index in [0.29, 0.717) is 13.0 Å². The molecule has 0 rings (SSSR count). The van der Waals surface area contributed by atoms with E-state index in [4.69, 9.17) is 0 Å². The zero-order valence-corrected chi connectivity index (χ0v) is 16.1. The van der Waals surface area contributed by atoms with Crippen molar-refractivity contribution in [3.63, 3.8) is 0 Å². The maximum atomic E-state index is 10.8. The van der Waals surface area contributed by atoms with Crippen molar-refractivity contribution < 1.29 is 19.5 Å². The predicted molar refractivity (Wildman–Crippen MR) is 98.5 cm³/mol. The Morgan fingerprint density at radius 3 is 2.04 bits per heavy atom. The standard InChI is InChI=1S/C20H39NO3/c1-4-7-10-11-13-19(22)18-21(15-8-5-2,16-9-6-3)17-12-14-20(23)24/h11,13,19,22H,4-10,12,14-18H2,1-3H3/b13-11+. The van der Waals surface area contributed by atoms with Crippen LogP contribution < -0.4 is 5.11 Å². The van der Waals surface area contributed by atoms with Crippen LogP contribution in [0.25, 0.3) is 0 Å². The summed E-state index contributed by atoms with van der Waals surface area (Å²) in [7, 11) is 0. The number of unbranched alkanes of at least 4 members (excludes halogenated alkanes) is 4. The molecule has 0 spiro atoms. The second kappa shape index (κ2) is 14.5. The number of carboxylic acids is 1. The Morgan fingerprint density at radius 2 is 1.54 bits per heavy atom. The van der Waals surface area contributed by atoms with Gasteiger partial charge in [0.2, 0.25) is 0 Å². The van der Waals surface area contributed by atoms with Gasteiger partial charge >= 0.3 is 0 Å². The van der Waals surface area contributed by atoms with E-state index in [1.165, 1.54) is 0 Å². The molecule has 0 saturated heterocycles. The summed E-state index contributed by atoms with van der Waals surface area (Å²) in [5.74, 6) is -0.973. The summed E-state index contributed by atoms with van der Waals surface area (Å²) in [6, 6.07) is 0. The van der Waals surface area contributed by atoms with Crippen molar-refractivity contribution >= 4 is 5.97 Å². The molecule has 0 heterocycles. The van der Waals surface area contributed by atoms with Gasteiger partial charge in [0.15, 0.2) is 0 Å². The highest BCUT2D eigenvalue weighted by molar-refractivity contribution is 5.64. The molecule has 0 aromatic heterocycles. The Balaban J connectivity index is 4.85. The zero-order valence-electron chi connectivity index (χ0n) is 16.1. The molecule has 0 aromatic rings. The van der Waals surface area contributed by atoms with Gasteiger partial charge in [0.25, 0.3) is 0 Å². The van der Waals surface area contributed by atoms with E-state index in [1.54, 1.807) is 0 Å². The lowest BCUT2D eigenvalue weighted by molar-refractivity contribution is -0.930. The third-order valence-corrected chi connectivity index (χ3v) is 4.64. The third-order valence-electron chi connectivity index (χ3n) is 4.64. The SMILES string of the molecule is CCCC/C=C/C(O)C[N+](CCCC)(CCCC)CCCC(=O)[O-]. The summed E-state index contributed by atoms with van der Waals surface area (Å²) in [4.78, 5) is 10.8. The normalized spacial score (nSPS) is 13.5. The van der Waals surface area contributed by atoms with Crippen LogP contribution in [0.3, 0.4) is 0 Å². The highest BCUT2D eigenvalue weighted by Crippen LogP contribution is 2.16. The molecular formula is C20H39NO3. The Morgan fingerprint density at radius 1 is 1.00 bits per heavy atom. The number of aliphatic hydroxyl groups is 1. The van der Waals surface area contributed by atoms with Gasteiger partial charge in [-0.2, -0.15) is 0 Å². The number of carboxylic acid groups (broad SMARTS) is 1. The first kappa shape index (κ1) is 23.1. The highest BCUT2D eigenvalue weighted by atomic mass is 16.4. The molecule has 4 nitrogen and oxygen atoms in total. The fourth-order valence-electron chi connectivity index (χ4n) is 3.19. The molecule has 1 unspecified atom stereocenters. The van der Waals surface area contributed by atoms with Gasteiger partial charge in [0.05, 0.1) is 19.6 Å². The van der Waals surface area contributed by atoms with E-state index in [1.807, 2.05) is 6.08 Å². The van der Waals surface area contributed by atoms with E-state index in [0.717, 1.165) is 69.1 Å². The molecule has 4 heteroatoms. The first-order valence-corrected chi connectivity index (χ1v) is 9.89. The molecule has 0 aliphatic heterocycles. The van der Waals surface area contributed by atoms with Gasteiger partial charge in [0.1, 0.15) is 12.6 Å². The molecule has 0 bridgehead atoms. The molecule has 1 N–H and O–H groups in total. The van der Waals surface area contributed by atoms with Gasteiger partial charge in [-0.05, 0) is 25.7 Å². The molecule has 0 aliphatic carbocycles. The maximum absolute atomic E-state index is 10.8. The van der Waals surface area contributed by atoms with Crippen LogP contribution in [0.1, 0.15) is 78.6 Å². The van der Waals surface area contributed by atoms with E-state index in [9.17, 15) is 15.0 Å². The number of carbonyl (C=O) groups is 1. The lowest BCUT2D eigenvalue weighted by Crippen LogP contribution is -2.54. The molecule has 0 fully saturated rings. The molecule has 142 valence electrons. The molecule has 0 aromatic carbocycles. The van der Waals surface area contributed by atoms with Crippen LogP contribution in [0.5, 0.6) is 0 Å². The number of allylic oxidation sites excluding steroid dienone is 1. The van der Waals surface area contributed by atoms with Crippen LogP contribution in [0.15, 0.2) is 12.2 Å². The first-order valence-electron chi connectivity index (χ1n) is 9.89. The number of nitrogens with zero attached hydrogens (tertiary/aromatic N) is 1. The smallest absolute Gasteiger partial charge is 0.121 e. The van der Waals surface area contributed by atoms with Crippen molar-refractivity contribution in [1.82, 2.24) is 0 Å². The first-order chi connectivity index (χ1) is 11.5. The Bertz CT molecular complexity index is 334. The van der Waals surface area contributed by atoms with Crippen molar-refractivity contribution in [2.75, 3.05) is 26.2 Å². The fourth-order valence-corrected chi connectivity index (χ4v) is 3.19. The zero-order chi connectivity index (χ0) is 18.3. The largest absolute Gasteiger partial charge is 0.550 e. The number of carbonyl (C=O) groups excluding carboxylic acids is 1. The quantitative estimate of drug-likeness (QED) is 0.267. The number of aliphatic hydroxyl groups excluding tert-OH is 1. The average molecular weight is 342 g/mol. The topological polar surface area (TPSA) is 60.4 Å². The second-order valence-corrected chi connectivity index (χ2v) is 7.02. The molecule has 1 atom stereocenters. The number of quaternary nitrogens is 1. The van der Waals surface area contributed by atoms with Crippen LogP contribution in [0, 0.1) is 0 Å². The Hall–Kier alpha value is -0.870. The summed E-state index contributed by atoms with van der Waals surface area (Å²) in [5.41, 5.74) is 0. The Kier molecular flexibility index (Phi) is 13.9. The molecule has 0 amide bonds. The van der Waals surface area contributed by atoms with E-state index in [-0.39, 0.29) is 6.42 Å². The monoisotopic (exact) mass is 341 g/mol. The number of aliphatic carboxylic acids is 1. The van der Waals surface area contributed by atoms with Crippen molar-refractivity contribution in [3.8, 4) is 0 Å². The Labute approximate surface area is 149 Å². The van der Waals surface area contributed by atoms with Crippen molar-refractivity contribution in [3.05, 3.63) is 12.2 Å². The third kappa shape index (κ3) is 11.6. The second-order valence-electron chi connectivity index (χ2n) is 7.02. The van der Waals surface area contributed by atoms with Crippen molar-refractivity contribution in [2.45, 2.75) is 84.7 Å². The summed E-state index contributed by atoms with van der Waals surface area (Å²) in [5, 5.41) is 21.2. The summed E-state index contributed by atoms with van der Waals surface area (Å²) < 4.78 is 0.828. The number of hydrogen-bond acceptors (Lipinski definition) is 3. The predicted octanol–water partition coefficient (Wildman–Crippen LogP) is 3.04. The highest BCUT2D eigenvalue weighted by Gasteiger charge is 2.28. The van der Waals surface area contributed by atoms with Crippen LogP contribution in [0.4, 0.5) is 0 Å². The number of hydrogen-bond donors (Lipinski definition) is 1. The fraction of sp³-hybridized carbons (Fsp3) is 0.850. The van der Waals surface area contributed by atoms with Crippen molar-refractivity contribution in [2.24, 2.45) is 0 Å². The van der Waals surface area contributed by atoms with E-state index < -0.39 is 12.1 Å². The van der Waals surface area contributed by atoms with Gasteiger partial charge in [-0.1, -0.05) is 58.6 Å². The van der Waals surface area contributed by atoms with E-state index in [2.05, 4.69) is 26.8 Å². The van der Waals surface area contributed by atoms with Gasteiger partial charge in [-0.15, -0.1) is 0 Å². The average Bonchev–Trinajstić information content (AvgIpc) is 2.54. The van der Waals surface area contributed by atoms with Gasteiger partial charge in [-0.3, -0.25) is 0 Å². The van der Waals surface area contributed by atoms with Crippen molar-refractivity contribution in [1.29, 1.82) is 0 Å². The minimum atomic E-state index is -0.973. The van der Waals surface area contributed by atoms with Gasteiger partial charge < -0.3 is 19.5 Å². The van der Waals surface area contributed by atoms with Gasteiger partial charge in [-0.25, -0.2) is 0 Å². The lowest BCUT2D eigenvalue weighted by atomic mass is 10.1. The molecule has 0 radical (unpaired) electrons. The van der Waals surface area contributed by atoms with E-state index >= 15 is 0 Å². The van der Waals surface area contributed by atoms with Crippen LogP contribution >= 0.6 is 0 Å². The van der Waals surface area contributed by atoms with Gasteiger partial charge in [0, 0.05) is 12.4 Å². The molecule has 0 aliphatic rings. The number of rotatable bonds is 16.